The Bertz CT molecular complexity index is 562. The quantitative estimate of drug-likeness (QED) is 0.756. The molecule has 1 N–H and O–H groups in total. The lowest BCUT2D eigenvalue weighted by molar-refractivity contribution is 0.313. The third kappa shape index (κ3) is 5.55. The molecule has 0 radical (unpaired) electrons. The fraction of sp³-hybridized carbons (Fsp3) is 0.235. The molecule has 0 amide bonds. The van der Waals surface area contributed by atoms with Gasteiger partial charge >= 0.3 is 0 Å². The Kier molecular flexibility index (Phi) is 6.11. The first-order valence-electron chi connectivity index (χ1n) is 6.86. The summed E-state index contributed by atoms with van der Waals surface area (Å²) < 4.78 is 10.8. The van der Waals surface area contributed by atoms with Crippen LogP contribution in [0.3, 0.4) is 0 Å². The Balaban J connectivity index is 1.63. The van der Waals surface area contributed by atoms with E-state index in [1.54, 1.807) is 0 Å². The average molecular weight is 282 g/mol. The fourth-order valence-corrected chi connectivity index (χ4v) is 1.81. The van der Waals surface area contributed by atoms with Crippen molar-refractivity contribution in [2.24, 2.45) is 0 Å². The van der Waals surface area contributed by atoms with Crippen LogP contribution < -0.4 is 14.8 Å². The zero-order valence-electron chi connectivity index (χ0n) is 11.8. The molecule has 0 unspecified atom stereocenters. The molecule has 0 heterocycles. The third-order valence-electron chi connectivity index (χ3n) is 2.85. The van der Waals surface area contributed by atoms with Gasteiger partial charge in [-0.3, -0.25) is 0 Å². The predicted octanol–water partition coefficient (Wildman–Crippen LogP) is 2.76. The standard InChI is InChI=1S/C17H18N2O2/c18-10-12-20-17-8-6-15(7-9-17)14-19-11-13-21-16-4-2-1-3-5-16/h1-9,19H,11-14H2. The molecule has 0 bridgehead atoms. The van der Waals surface area contributed by atoms with Gasteiger partial charge in [0, 0.05) is 13.1 Å². The van der Waals surface area contributed by atoms with Gasteiger partial charge in [-0.25, -0.2) is 0 Å². The molecule has 0 saturated carbocycles. The highest BCUT2D eigenvalue weighted by Crippen LogP contribution is 2.12. The molecule has 0 fully saturated rings. The molecule has 108 valence electrons. The monoisotopic (exact) mass is 282 g/mol. The van der Waals surface area contributed by atoms with E-state index in [1.807, 2.05) is 60.7 Å². The first kappa shape index (κ1) is 14.9. The van der Waals surface area contributed by atoms with Gasteiger partial charge in [-0.1, -0.05) is 30.3 Å². The first-order chi connectivity index (χ1) is 10.4. The zero-order chi connectivity index (χ0) is 14.8. The number of hydrogen-bond acceptors (Lipinski definition) is 4. The molecule has 0 aliphatic carbocycles. The lowest BCUT2D eigenvalue weighted by atomic mass is 10.2. The molecule has 4 heteroatoms. The van der Waals surface area contributed by atoms with Crippen LogP contribution in [-0.2, 0) is 6.54 Å². The highest BCUT2D eigenvalue weighted by molar-refractivity contribution is 5.27. The lowest BCUT2D eigenvalue weighted by Gasteiger charge is -2.08. The topological polar surface area (TPSA) is 54.3 Å². The molecule has 0 spiro atoms. The Hall–Kier alpha value is -2.51. The van der Waals surface area contributed by atoms with E-state index >= 15 is 0 Å². The summed E-state index contributed by atoms with van der Waals surface area (Å²) in [5, 5.41) is 11.8. The number of rotatable bonds is 8. The van der Waals surface area contributed by atoms with Gasteiger partial charge in [0.25, 0.3) is 0 Å². The molecule has 0 aliphatic heterocycles. The molecule has 2 rings (SSSR count). The van der Waals surface area contributed by atoms with Crippen molar-refractivity contribution in [1.82, 2.24) is 5.32 Å². The van der Waals surface area contributed by atoms with Crippen LogP contribution in [0.25, 0.3) is 0 Å². The fourth-order valence-electron chi connectivity index (χ4n) is 1.81. The molecule has 2 aromatic carbocycles. The Morgan fingerprint density at radius 3 is 2.33 bits per heavy atom. The summed E-state index contributed by atoms with van der Waals surface area (Å²) in [5.74, 6) is 1.60. The van der Waals surface area contributed by atoms with Crippen molar-refractivity contribution in [3.8, 4) is 17.6 Å². The van der Waals surface area contributed by atoms with Crippen LogP contribution in [0.5, 0.6) is 11.5 Å². The van der Waals surface area contributed by atoms with Crippen LogP contribution in [0.15, 0.2) is 54.6 Å². The zero-order valence-corrected chi connectivity index (χ0v) is 11.8. The summed E-state index contributed by atoms with van der Waals surface area (Å²) in [5.41, 5.74) is 1.17. The number of ether oxygens (including phenoxy) is 2. The molecule has 0 aliphatic rings. The largest absolute Gasteiger partial charge is 0.492 e. The van der Waals surface area contributed by atoms with Gasteiger partial charge < -0.3 is 14.8 Å². The van der Waals surface area contributed by atoms with Crippen molar-refractivity contribution in [2.45, 2.75) is 6.54 Å². The van der Waals surface area contributed by atoms with Crippen molar-refractivity contribution in [3.05, 3.63) is 60.2 Å². The summed E-state index contributed by atoms with van der Waals surface area (Å²) in [6.07, 6.45) is 0. The second kappa shape index (κ2) is 8.62. The predicted molar refractivity (Wildman–Crippen MR) is 81.2 cm³/mol. The van der Waals surface area contributed by atoms with Crippen molar-refractivity contribution in [2.75, 3.05) is 19.8 Å². The highest BCUT2D eigenvalue weighted by atomic mass is 16.5. The maximum absolute atomic E-state index is 8.43. The van der Waals surface area contributed by atoms with Gasteiger partial charge in [-0.2, -0.15) is 5.26 Å². The van der Waals surface area contributed by atoms with E-state index in [9.17, 15) is 0 Å². The maximum Gasteiger partial charge on any atom is 0.174 e. The van der Waals surface area contributed by atoms with Crippen LogP contribution in [0.1, 0.15) is 5.56 Å². The van der Waals surface area contributed by atoms with Gasteiger partial charge in [-0.15, -0.1) is 0 Å². The Labute approximate surface area is 124 Å². The van der Waals surface area contributed by atoms with Gasteiger partial charge in [0.15, 0.2) is 6.61 Å². The molecule has 0 aromatic heterocycles. The number of hydrogen-bond donors (Lipinski definition) is 1. The molecular formula is C17H18N2O2. The minimum Gasteiger partial charge on any atom is -0.492 e. The third-order valence-corrected chi connectivity index (χ3v) is 2.85. The Morgan fingerprint density at radius 1 is 0.905 bits per heavy atom. The van der Waals surface area contributed by atoms with E-state index in [-0.39, 0.29) is 6.61 Å². The molecular weight excluding hydrogens is 264 g/mol. The summed E-state index contributed by atoms with van der Waals surface area (Å²) in [6.45, 7) is 2.26. The van der Waals surface area contributed by atoms with E-state index in [0.717, 1.165) is 18.8 Å². The van der Waals surface area contributed by atoms with E-state index in [0.29, 0.717) is 12.4 Å². The molecule has 0 atom stereocenters. The highest BCUT2D eigenvalue weighted by Gasteiger charge is 1.96. The van der Waals surface area contributed by atoms with Crippen molar-refractivity contribution >= 4 is 0 Å². The second-order valence-electron chi connectivity index (χ2n) is 4.43. The van der Waals surface area contributed by atoms with Gasteiger partial charge in [0.2, 0.25) is 0 Å². The first-order valence-corrected chi connectivity index (χ1v) is 6.86. The normalized spacial score (nSPS) is 9.86. The van der Waals surface area contributed by atoms with E-state index in [1.165, 1.54) is 5.56 Å². The minimum atomic E-state index is 0.0778. The van der Waals surface area contributed by atoms with Gasteiger partial charge in [0.05, 0.1) is 0 Å². The van der Waals surface area contributed by atoms with Crippen molar-refractivity contribution in [3.63, 3.8) is 0 Å². The van der Waals surface area contributed by atoms with E-state index in [4.69, 9.17) is 14.7 Å². The van der Waals surface area contributed by atoms with Crippen LogP contribution in [0.2, 0.25) is 0 Å². The average Bonchev–Trinajstić information content (AvgIpc) is 2.55. The Morgan fingerprint density at radius 2 is 1.62 bits per heavy atom. The summed E-state index contributed by atoms with van der Waals surface area (Å²) >= 11 is 0. The molecule has 21 heavy (non-hydrogen) atoms. The van der Waals surface area contributed by atoms with Crippen LogP contribution in [-0.4, -0.2) is 19.8 Å². The molecule has 4 nitrogen and oxygen atoms in total. The van der Waals surface area contributed by atoms with Crippen molar-refractivity contribution < 1.29 is 9.47 Å². The van der Waals surface area contributed by atoms with E-state index in [2.05, 4.69) is 5.32 Å². The minimum absolute atomic E-state index is 0.0778. The van der Waals surface area contributed by atoms with Gasteiger partial charge in [0.1, 0.15) is 24.2 Å². The summed E-state index contributed by atoms with van der Waals surface area (Å²) in [4.78, 5) is 0. The molecule has 0 saturated heterocycles. The molecule has 2 aromatic rings. The number of benzene rings is 2. The smallest absolute Gasteiger partial charge is 0.174 e. The van der Waals surface area contributed by atoms with E-state index < -0.39 is 0 Å². The number of para-hydroxylation sites is 1. The SMILES string of the molecule is N#CCOc1ccc(CNCCOc2ccccc2)cc1. The van der Waals surface area contributed by atoms with Crippen molar-refractivity contribution in [1.29, 1.82) is 5.26 Å². The van der Waals surface area contributed by atoms with Gasteiger partial charge in [-0.05, 0) is 29.8 Å². The number of nitrogens with one attached hydrogen (secondary N) is 1. The summed E-state index contributed by atoms with van der Waals surface area (Å²) in [7, 11) is 0. The van der Waals surface area contributed by atoms with Crippen LogP contribution >= 0.6 is 0 Å². The van der Waals surface area contributed by atoms with Crippen LogP contribution in [0, 0.1) is 11.3 Å². The maximum atomic E-state index is 8.43. The summed E-state index contributed by atoms with van der Waals surface area (Å²) in [6, 6.07) is 19.4. The number of nitrogens with zero attached hydrogens (tertiary/aromatic N) is 1. The van der Waals surface area contributed by atoms with Crippen LogP contribution in [0.4, 0.5) is 0 Å². The lowest BCUT2D eigenvalue weighted by Crippen LogP contribution is -2.20. The number of nitriles is 1. The second-order valence-corrected chi connectivity index (χ2v) is 4.43.